The van der Waals surface area contributed by atoms with Crippen molar-refractivity contribution in [1.29, 1.82) is 0 Å². The van der Waals surface area contributed by atoms with E-state index >= 15 is 0 Å². The second-order valence-electron chi connectivity index (χ2n) is 7.33. The third kappa shape index (κ3) is 3.64. The van der Waals surface area contributed by atoms with Crippen molar-refractivity contribution < 1.29 is 14.3 Å². The Labute approximate surface area is 169 Å². The number of ether oxygens (including phenoxy) is 1. The third-order valence-corrected chi connectivity index (χ3v) is 5.92. The van der Waals surface area contributed by atoms with Gasteiger partial charge in [-0.1, -0.05) is 35.9 Å². The van der Waals surface area contributed by atoms with Gasteiger partial charge in [0, 0.05) is 11.1 Å². The van der Waals surface area contributed by atoms with E-state index in [2.05, 4.69) is 17.0 Å². The maximum absolute atomic E-state index is 13.1. The SMILES string of the molecule is COc1ccc(C2CCCN2C2CC(=O)N(Cc3ccc(Cl)cc3)C2=O)cc1. The summed E-state index contributed by atoms with van der Waals surface area (Å²) in [7, 11) is 1.65. The number of carbonyl (C=O) groups is 2. The van der Waals surface area contributed by atoms with Crippen LogP contribution in [0.2, 0.25) is 5.02 Å². The van der Waals surface area contributed by atoms with E-state index in [1.807, 2.05) is 24.3 Å². The van der Waals surface area contributed by atoms with Crippen molar-refractivity contribution in [3.63, 3.8) is 0 Å². The zero-order valence-corrected chi connectivity index (χ0v) is 16.6. The van der Waals surface area contributed by atoms with Crippen LogP contribution in [0.1, 0.15) is 36.4 Å². The maximum Gasteiger partial charge on any atom is 0.247 e. The first-order valence-corrected chi connectivity index (χ1v) is 9.93. The zero-order chi connectivity index (χ0) is 19.7. The molecule has 2 aliphatic rings. The van der Waals surface area contributed by atoms with Gasteiger partial charge < -0.3 is 4.74 Å². The van der Waals surface area contributed by atoms with Gasteiger partial charge in [-0.3, -0.25) is 19.4 Å². The molecule has 0 N–H and O–H groups in total. The first-order valence-electron chi connectivity index (χ1n) is 9.55. The number of carbonyl (C=O) groups excluding carboxylic acids is 2. The number of benzene rings is 2. The molecule has 2 aromatic carbocycles. The van der Waals surface area contributed by atoms with Gasteiger partial charge in [0.1, 0.15) is 5.75 Å². The van der Waals surface area contributed by atoms with E-state index in [1.54, 1.807) is 19.2 Å². The summed E-state index contributed by atoms with van der Waals surface area (Å²) in [6, 6.07) is 15.0. The molecule has 2 saturated heterocycles. The molecular weight excluding hydrogens is 376 g/mol. The molecule has 0 aliphatic carbocycles. The van der Waals surface area contributed by atoms with Crippen LogP contribution in [0.15, 0.2) is 48.5 Å². The highest BCUT2D eigenvalue weighted by atomic mass is 35.5. The molecule has 6 heteroatoms. The lowest BCUT2D eigenvalue weighted by atomic mass is 10.0. The van der Waals surface area contributed by atoms with Gasteiger partial charge in [-0.15, -0.1) is 0 Å². The first-order chi connectivity index (χ1) is 13.6. The van der Waals surface area contributed by atoms with Gasteiger partial charge in [0.05, 0.1) is 26.1 Å². The molecule has 2 fully saturated rings. The number of imide groups is 1. The van der Waals surface area contributed by atoms with Crippen LogP contribution in [-0.2, 0) is 16.1 Å². The fourth-order valence-corrected chi connectivity index (χ4v) is 4.34. The minimum atomic E-state index is -0.380. The van der Waals surface area contributed by atoms with Crippen molar-refractivity contribution in [2.24, 2.45) is 0 Å². The summed E-state index contributed by atoms with van der Waals surface area (Å²) >= 11 is 5.93. The average molecular weight is 399 g/mol. The van der Waals surface area contributed by atoms with Crippen LogP contribution in [0.3, 0.4) is 0 Å². The van der Waals surface area contributed by atoms with Crippen molar-refractivity contribution in [2.45, 2.75) is 37.9 Å². The van der Waals surface area contributed by atoms with Crippen molar-refractivity contribution in [1.82, 2.24) is 9.80 Å². The molecule has 4 rings (SSSR count). The normalized spacial score (nSPS) is 22.9. The molecule has 0 bridgehead atoms. The quantitative estimate of drug-likeness (QED) is 0.718. The molecule has 0 aromatic heterocycles. The Balaban J connectivity index is 1.50. The number of hydrogen-bond acceptors (Lipinski definition) is 4. The van der Waals surface area contributed by atoms with E-state index in [0.717, 1.165) is 36.3 Å². The van der Waals surface area contributed by atoms with Gasteiger partial charge in [-0.05, 0) is 54.8 Å². The Morgan fingerprint density at radius 3 is 2.43 bits per heavy atom. The van der Waals surface area contributed by atoms with Gasteiger partial charge >= 0.3 is 0 Å². The molecule has 146 valence electrons. The van der Waals surface area contributed by atoms with Crippen LogP contribution in [0.5, 0.6) is 5.75 Å². The molecule has 2 aliphatic heterocycles. The topological polar surface area (TPSA) is 49.9 Å². The van der Waals surface area contributed by atoms with E-state index in [0.29, 0.717) is 11.6 Å². The van der Waals surface area contributed by atoms with Crippen LogP contribution < -0.4 is 4.74 Å². The van der Waals surface area contributed by atoms with Crippen molar-refractivity contribution in [3.05, 3.63) is 64.7 Å². The van der Waals surface area contributed by atoms with Crippen LogP contribution in [0.25, 0.3) is 0 Å². The molecule has 2 heterocycles. The van der Waals surface area contributed by atoms with E-state index in [-0.39, 0.29) is 30.3 Å². The molecular formula is C22H23ClN2O3. The second kappa shape index (κ2) is 7.94. The summed E-state index contributed by atoms with van der Waals surface area (Å²) in [5.74, 6) is 0.611. The Bertz CT molecular complexity index is 866. The molecule has 2 atom stereocenters. The van der Waals surface area contributed by atoms with Crippen molar-refractivity contribution in [3.8, 4) is 5.75 Å². The van der Waals surface area contributed by atoms with Crippen molar-refractivity contribution >= 4 is 23.4 Å². The third-order valence-electron chi connectivity index (χ3n) is 5.67. The smallest absolute Gasteiger partial charge is 0.247 e. The Hall–Kier alpha value is -2.37. The fraction of sp³-hybridized carbons (Fsp3) is 0.364. The zero-order valence-electron chi connectivity index (χ0n) is 15.8. The fourth-order valence-electron chi connectivity index (χ4n) is 4.21. The number of halogens is 1. The number of rotatable bonds is 5. The number of nitrogens with zero attached hydrogens (tertiary/aromatic N) is 2. The molecule has 0 saturated carbocycles. The minimum Gasteiger partial charge on any atom is -0.497 e. The number of methoxy groups -OCH3 is 1. The van der Waals surface area contributed by atoms with Crippen molar-refractivity contribution in [2.75, 3.05) is 13.7 Å². The summed E-state index contributed by atoms with van der Waals surface area (Å²) in [6.07, 6.45) is 2.26. The summed E-state index contributed by atoms with van der Waals surface area (Å²) in [6.45, 7) is 1.13. The largest absolute Gasteiger partial charge is 0.497 e. The number of hydrogen-bond donors (Lipinski definition) is 0. The highest BCUT2D eigenvalue weighted by Crippen LogP contribution is 2.37. The molecule has 0 spiro atoms. The van der Waals surface area contributed by atoms with E-state index in [9.17, 15) is 9.59 Å². The highest BCUT2D eigenvalue weighted by Gasteiger charge is 2.45. The summed E-state index contributed by atoms with van der Waals surface area (Å²) < 4.78 is 5.24. The Morgan fingerprint density at radius 2 is 1.75 bits per heavy atom. The summed E-state index contributed by atoms with van der Waals surface area (Å²) in [4.78, 5) is 29.2. The van der Waals surface area contributed by atoms with Gasteiger partial charge in [0.2, 0.25) is 11.8 Å². The van der Waals surface area contributed by atoms with E-state index in [1.165, 1.54) is 4.90 Å². The average Bonchev–Trinajstić information content (AvgIpc) is 3.30. The second-order valence-corrected chi connectivity index (χ2v) is 7.77. The number of amides is 2. The maximum atomic E-state index is 13.1. The van der Waals surface area contributed by atoms with Crippen LogP contribution >= 0.6 is 11.6 Å². The molecule has 28 heavy (non-hydrogen) atoms. The van der Waals surface area contributed by atoms with Gasteiger partial charge in [0.25, 0.3) is 0 Å². The standard InChI is InChI=1S/C22H23ClN2O3/c1-28-18-10-6-16(7-11-18)19-3-2-12-24(19)20-13-21(26)25(22(20)27)14-15-4-8-17(23)9-5-15/h4-11,19-20H,2-3,12-14H2,1H3. The lowest BCUT2D eigenvalue weighted by molar-refractivity contribution is -0.140. The van der Waals surface area contributed by atoms with Crippen LogP contribution in [0, 0.1) is 0 Å². The molecule has 2 unspecified atom stereocenters. The highest BCUT2D eigenvalue weighted by molar-refractivity contribution is 6.30. The Morgan fingerprint density at radius 1 is 1.04 bits per heavy atom. The Kier molecular flexibility index (Phi) is 5.38. The van der Waals surface area contributed by atoms with Crippen LogP contribution in [0.4, 0.5) is 0 Å². The predicted molar refractivity (Wildman–Crippen MR) is 107 cm³/mol. The lowest BCUT2D eigenvalue weighted by Crippen LogP contribution is -2.41. The van der Waals surface area contributed by atoms with Gasteiger partial charge in [0.15, 0.2) is 0 Å². The van der Waals surface area contributed by atoms with E-state index in [4.69, 9.17) is 16.3 Å². The molecule has 2 amide bonds. The minimum absolute atomic E-state index is 0.0969. The summed E-state index contributed by atoms with van der Waals surface area (Å²) in [5, 5.41) is 0.639. The van der Waals surface area contributed by atoms with Crippen LogP contribution in [-0.4, -0.2) is 41.3 Å². The van der Waals surface area contributed by atoms with E-state index < -0.39 is 0 Å². The first kappa shape index (κ1) is 19.0. The monoisotopic (exact) mass is 398 g/mol. The van der Waals surface area contributed by atoms with Gasteiger partial charge in [-0.25, -0.2) is 0 Å². The predicted octanol–water partition coefficient (Wildman–Crippen LogP) is 3.81. The molecule has 2 aromatic rings. The van der Waals surface area contributed by atoms with Gasteiger partial charge in [-0.2, -0.15) is 0 Å². The summed E-state index contributed by atoms with van der Waals surface area (Å²) in [5.41, 5.74) is 2.06. The molecule has 5 nitrogen and oxygen atoms in total. The number of likely N-dealkylation sites (tertiary alicyclic amines) is 2. The lowest BCUT2D eigenvalue weighted by Gasteiger charge is -2.29. The molecule has 0 radical (unpaired) electrons.